The van der Waals surface area contributed by atoms with Gasteiger partial charge in [-0.2, -0.15) is 17.6 Å². The van der Waals surface area contributed by atoms with Gasteiger partial charge in [-0.1, -0.05) is 6.92 Å². The molecule has 14 heavy (non-hydrogen) atoms. The fourth-order valence-electron chi connectivity index (χ4n) is 0.769. The number of rotatable bonds is 5. The second kappa shape index (κ2) is 4.35. The van der Waals surface area contributed by atoms with Crippen molar-refractivity contribution < 1.29 is 30.7 Å². The average Bonchev–Trinajstić information content (AvgIpc) is 2.02. The molecule has 0 heterocycles. The monoisotopic (exact) mass is 226 g/mol. The molecule has 0 aromatic rings. The molecule has 0 saturated carbocycles. The molecule has 0 radical (unpaired) electrons. The van der Waals surface area contributed by atoms with Crippen LogP contribution in [0.4, 0.5) is 30.7 Å². The fraction of sp³-hybridized carbons (Fsp3) is 1.00. The summed E-state index contributed by atoms with van der Waals surface area (Å²) in [4.78, 5) is 0. The second-order valence-corrected chi connectivity index (χ2v) is 2.78. The van der Waals surface area contributed by atoms with Crippen molar-refractivity contribution in [3.63, 3.8) is 0 Å². The highest BCUT2D eigenvalue weighted by molar-refractivity contribution is 4.90. The van der Waals surface area contributed by atoms with Gasteiger partial charge in [0.05, 0.1) is 0 Å². The largest absolute Gasteiger partial charge is 0.340 e. The predicted octanol–water partition coefficient (Wildman–Crippen LogP) is 3.66. The van der Waals surface area contributed by atoms with Crippen molar-refractivity contribution in [3.05, 3.63) is 0 Å². The molecular formula is C7H9F7. The number of alkyl halides is 7. The summed E-state index contributed by atoms with van der Waals surface area (Å²) in [6.45, 7) is 0.725. The molecule has 0 aliphatic carbocycles. The normalized spacial score (nSPS) is 16.1. The summed E-state index contributed by atoms with van der Waals surface area (Å²) in [6, 6.07) is 0. The average molecular weight is 226 g/mol. The second-order valence-electron chi connectivity index (χ2n) is 2.78. The summed E-state index contributed by atoms with van der Waals surface area (Å²) >= 11 is 0. The zero-order chi connectivity index (χ0) is 11.6. The molecule has 0 amide bonds. The molecule has 0 aliphatic rings. The van der Waals surface area contributed by atoms with Crippen LogP contribution in [0.15, 0.2) is 0 Å². The van der Waals surface area contributed by atoms with Crippen molar-refractivity contribution in [2.24, 2.45) is 0 Å². The molecule has 0 aromatic heterocycles. The van der Waals surface area contributed by atoms with Gasteiger partial charge in [0.1, 0.15) is 0 Å². The Morgan fingerprint density at radius 2 is 1.43 bits per heavy atom. The summed E-state index contributed by atoms with van der Waals surface area (Å²) < 4.78 is 85.2. The molecule has 0 unspecified atom stereocenters. The van der Waals surface area contributed by atoms with E-state index in [1.165, 1.54) is 0 Å². The predicted molar refractivity (Wildman–Crippen MR) is 35.7 cm³/mol. The number of hydrogen-bond acceptors (Lipinski definition) is 0. The maximum atomic E-state index is 12.5. The quantitative estimate of drug-likeness (QED) is 0.627. The molecule has 0 saturated heterocycles. The lowest BCUT2D eigenvalue weighted by Gasteiger charge is -2.28. The van der Waals surface area contributed by atoms with E-state index >= 15 is 0 Å². The minimum Gasteiger partial charge on any atom is -0.240 e. The fourth-order valence-corrected chi connectivity index (χ4v) is 0.769. The van der Waals surface area contributed by atoms with Crippen LogP contribution in [0.2, 0.25) is 0 Å². The summed E-state index contributed by atoms with van der Waals surface area (Å²) in [5, 5.41) is 0. The molecule has 7 heteroatoms. The van der Waals surface area contributed by atoms with Crippen molar-refractivity contribution >= 4 is 0 Å². The minimum atomic E-state index is -5.04. The van der Waals surface area contributed by atoms with Crippen LogP contribution in [0.25, 0.3) is 0 Å². The van der Waals surface area contributed by atoms with Gasteiger partial charge in [-0.15, -0.1) is 0 Å². The van der Waals surface area contributed by atoms with E-state index in [2.05, 4.69) is 0 Å². The van der Waals surface area contributed by atoms with E-state index in [0.29, 0.717) is 0 Å². The van der Waals surface area contributed by atoms with E-state index in [1.807, 2.05) is 0 Å². The van der Waals surface area contributed by atoms with E-state index in [0.717, 1.165) is 6.92 Å². The first kappa shape index (κ1) is 13.5. The molecule has 0 rings (SSSR count). The Bertz CT molecular complexity index is 177. The highest BCUT2D eigenvalue weighted by Gasteiger charge is 2.60. The third kappa shape index (κ3) is 2.75. The lowest BCUT2D eigenvalue weighted by molar-refractivity contribution is -0.244. The Labute approximate surface area is 76.1 Å². The van der Waals surface area contributed by atoms with E-state index in [-0.39, 0.29) is 0 Å². The van der Waals surface area contributed by atoms with Crippen LogP contribution in [0.1, 0.15) is 19.8 Å². The summed E-state index contributed by atoms with van der Waals surface area (Å²) in [5.41, 5.74) is 0. The number of hydrogen-bond donors (Lipinski definition) is 0. The van der Waals surface area contributed by atoms with Crippen molar-refractivity contribution in [2.75, 3.05) is 0 Å². The van der Waals surface area contributed by atoms with Crippen LogP contribution in [-0.2, 0) is 0 Å². The Kier molecular flexibility index (Phi) is 4.20. The maximum Gasteiger partial charge on any atom is 0.340 e. The van der Waals surface area contributed by atoms with Crippen LogP contribution in [0, 0.1) is 0 Å². The van der Waals surface area contributed by atoms with E-state index in [4.69, 9.17) is 0 Å². The minimum absolute atomic E-state index is 0.725. The van der Waals surface area contributed by atoms with Crippen LogP contribution >= 0.6 is 0 Å². The molecule has 0 aromatic carbocycles. The molecule has 1 atom stereocenters. The van der Waals surface area contributed by atoms with Crippen molar-refractivity contribution in [1.82, 2.24) is 0 Å². The Balaban J connectivity index is 4.59. The summed E-state index contributed by atoms with van der Waals surface area (Å²) in [6.07, 6.45) is -10.1. The van der Waals surface area contributed by atoms with Crippen molar-refractivity contribution in [3.8, 4) is 0 Å². The Hall–Kier alpha value is -0.490. The SMILES string of the molecule is CCC(F)(F)C(F)(F)[C@@H](F)CC(F)F. The van der Waals surface area contributed by atoms with Gasteiger partial charge in [0.25, 0.3) is 0 Å². The molecule has 0 N–H and O–H groups in total. The van der Waals surface area contributed by atoms with Gasteiger partial charge in [0.2, 0.25) is 6.43 Å². The summed E-state index contributed by atoms with van der Waals surface area (Å²) in [5.74, 6) is -9.64. The number of halogens is 7. The smallest absolute Gasteiger partial charge is 0.240 e. The van der Waals surface area contributed by atoms with Gasteiger partial charge < -0.3 is 0 Å². The topological polar surface area (TPSA) is 0 Å². The first-order valence-corrected chi connectivity index (χ1v) is 3.83. The van der Waals surface area contributed by atoms with Crippen molar-refractivity contribution in [1.29, 1.82) is 0 Å². The molecular weight excluding hydrogens is 217 g/mol. The highest BCUT2D eigenvalue weighted by atomic mass is 19.3. The van der Waals surface area contributed by atoms with Gasteiger partial charge in [0, 0.05) is 12.8 Å². The van der Waals surface area contributed by atoms with Gasteiger partial charge in [-0.25, -0.2) is 13.2 Å². The van der Waals surface area contributed by atoms with Gasteiger partial charge in [-0.3, -0.25) is 0 Å². The van der Waals surface area contributed by atoms with Gasteiger partial charge in [0.15, 0.2) is 6.17 Å². The van der Waals surface area contributed by atoms with E-state index < -0.39 is 37.3 Å². The lowest BCUT2D eigenvalue weighted by atomic mass is 10.0. The molecule has 0 aliphatic heterocycles. The van der Waals surface area contributed by atoms with Crippen molar-refractivity contribution in [2.45, 2.75) is 44.2 Å². The standard InChI is InChI=1S/C7H9F7/c1-2-6(11,12)7(13,14)4(8)3-5(9)10/h4-5H,2-3H2,1H3/t4-/m0/s1. The molecule has 0 bridgehead atoms. The third-order valence-electron chi connectivity index (χ3n) is 1.71. The van der Waals surface area contributed by atoms with Crippen LogP contribution < -0.4 is 0 Å². The van der Waals surface area contributed by atoms with Crippen LogP contribution in [0.3, 0.4) is 0 Å². The van der Waals surface area contributed by atoms with E-state index in [9.17, 15) is 30.7 Å². The summed E-state index contributed by atoms with van der Waals surface area (Å²) in [7, 11) is 0. The zero-order valence-electron chi connectivity index (χ0n) is 7.21. The lowest BCUT2D eigenvalue weighted by Crippen LogP contribution is -2.48. The molecule has 0 spiro atoms. The van der Waals surface area contributed by atoms with Gasteiger partial charge in [-0.05, 0) is 0 Å². The van der Waals surface area contributed by atoms with Crippen LogP contribution in [0.5, 0.6) is 0 Å². The highest BCUT2D eigenvalue weighted by Crippen LogP contribution is 2.42. The first-order valence-electron chi connectivity index (χ1n) is 3.83. The molecule has 0 fully saturated rings. The Morgan fingerprint density at radius 1 is 1.00 bits per heavy atom. The third-order valence-corrected chi connectivity index (χ3v) is 1.71. The Morgan fingerprint density at radius 3 is 1.71 bits per heavy atom. The zero-order valence-corrected chi connectivity index (χ0v) is 7.21. The molecule has 86 valence electrons. The maximum absolute atomic E-state index is 12.5. The van der Waals surface area contributed by atoms with Gasteiger partial charge >= 0.3 is 11.8 Å². The van der Waals surface area contributed by atoms with Crippen LogP contribution in [-0.4, -0.2) is 24.4 Å². The van der Waals surface area contributed by atoms with E-state index in [1.54, 1.807) is 0 Å². The molecule has 0 nitrogen and oxygen atoms in total. The first-order chi connectivity index (χ1) is 6.15.